The van der Waals surface area contributed by atoms with E-state index in [1.54, 1.807) is 0 Å². The maximum atomic E-state index is 4.64. The second-order valence-electron chi connectivity index (χ2n) is 6.19. The van der Waals surface area contributed by atoms with Crippen molar-refractivity contribution < 1.29 is 0 Å². The average Bonchev–Trinajstić information content (AvgIpc) is 2.82. The maximum absolute atomic E-state index is 4.64. The zero-order valence-electron chi connectivity index (χ0n) is 12.5. The highest BCUT2D eigenvalue weighted by molar-refractivity contribution is 5.14. The molecule has 2 rings (SSSR count). The minimum atomic E-state index is 0.526. The fourth-order valence-electron chi connectivity index (χ4n) is 2.99. The van der Waals surface area contributed by atoms with Gasteiger partial charge < -0.3 is 5.32 Å². The number of hydrogen-bond acceptors (Lipinski definition) is 2. The molecule has 2 unspecified atom stereocenters. The second kappa shape index (κ2) is 5.04. The van der Waals surface area contributed by atoms with E-state index < -0.39 is 0 Å². The fourth-order valence-corrected chi connectivity index (χ4v) is 2.99. The van der Waals surface area contributed by atoms with Gasteiger partial charge in [-0.1, -0.05) is 20.8 Å². The van der Waals surface area contributed by atoms with Gasteiger partial charge in [0.1, 0.15) is 0 Å². The van der Waals surface area contributed by atoms with E-state index >= 15 is 0 Å². The van der Waals surface area contributed by atoms with Crippen molar-refractivity contribution in [1.29, 1.82) is 0 Å². The number of aromatic nitrogens is 2. The van der Waals surface area contributed by atoms with Gasteiger partial charge in [-0.3, -0.25) is 4.68 Å². The third-order valence-electron chi connectivity index (χ3n) is 4.45. The van der Waals surface area contributed by atoms with Gasteiger partial charge in [0.25, 0.3) is 0 Å². The molecule has 0 bridgehead atoms. The number of nitrogens with zero attached hydrogens (tertiary/aromatic N) is 2. The first-order valence-electron chi connectivity index (χ1n) is 7.24. The molecule has 0 aromatic carbocycles. The molecule has 3 nitrogen and oxygen atoms in total. The van der Waals surface area contributed by atoms with Crippen LogP contribution in [0.3, 0.4) is 0 Å². The van der Waals surface area contributed by atoms with Crippen molar-refractivity contribution in [2.24, 2.45) is 11.3 Å². The standard InChI is InChI=1S/C15H27N3/c1-6-11-8-12(18(7-2)17-11)9-14(16-5)13-10-15(13,3)4/h8,13-14,16H,6-7,9-10H2,1-5H3. The number of rotatable bonds is 6. The first-order chi connectivity index (χ1) is 8.51. The van der Waals surface area contributed by atoms with E-state index in [9.17, 15) is 0 Å². The van der Waals surface area contributed by atoms with E-state index in [0.717, 1.165) is 25.3 Å². The van der Waals surface area contributed by atoms with Crippen LogP contribution in [0.1, 0.15) is 45.5 Å². The monoisotopic (exact) mass is 249 g/mol. The van der Waals surface area contributed by atoms with Gasteiger partial charge in [0.2, 0.25) is 0 Å². The molecule has 0 saturated heterocycles. The number of aryl methyl sites for hydroxylation is 2. The molecule has 1 aliphatic rings. The zero-order valence-corrected chi connectivity index (χ0v) is 12.5. The summed E-state index contributed by atoms with van der Waals surface area (Å²) in [6.45, 7) is 10.1. The van der Waals surface area contributed by atoms with Crippen LogP contribution in [0, 0.1) is 11.3 Å². The molecule has 1 aliphatic carbocycles. The molecule has 1 N–H and O–H groups in total. The molecule has 0 amide bonds. The molecule has 2 atom stereocenters. The summed E-state index contributed by atoms with van der Waals surface area (Å²) in [6.07, 6.45) is 3.48. The van der Waals surface area contributed by atoms with Crippen LogP contribution < -0.4 is 5.32 Å². The van der Waals surface area contributed by atoms with Gasteiger partial charge in [-0.2, -0.15) is 5.10 Å². The Bertz CT molecular complexity index is 406. The summed E-state index contributed by atoms with van der Waals surface area (Å²) in [5.74, 6) is 0.813. The van der Waals surface area contributed by atoms with Crippen LogP contribution in [0.5, 0.6) is 0 Å². The minimum Gasteiger partial charge on any atom is -0.316 e. The van der Waals surface area contributed by atoms with Gasteiger partial charge in [0.15, 0.2) is 0 Å². The van der Waals surface area contributed by atoms with Crippen LogP contribution >= 0.6 is 0 Å². The minimum absolute atomic E-state index is 0.526. The van der Waals surface area contributed by atoms with Crippen molar-refractivity contribution in [1.82, 2.24) is 15.1 Å². The highest BCUT2D eigenvalue weighted by Gasteiger charge is 2.49. The Hall–Kier alpha value is -0.830. The lowest BCUT2D eigenvalue weighted by Crippen LogP contribution is -2.32. The van der Waals surface area contributed by atoms with Gasteiger partial charge in [0.05, 0.1) is 5.69 Å². The van der Waals surface area contributed by atoms with Gasteiger partial charge in [0, 0.05) is 24.7 Å². The van der Waals surface area contributed by atoms with E-state index in [2.05, 4.69) is 55.9 Å². The summed E-state index contributed by atoms with van der Waals surface area (Å²) in [4.78, 5) is 0. The lowest BCUT2D eigenvalue weighted by atomic mass is 9.99. The highest BCUT2D eigenvalue weighted by atomic mass is 15.3. The number of hydrogen-bond donors (Lipinski definition) is 1. The molecular weight excluding hydrogens is 222 g/mol. The summed E-state index contributed by atoms with van der Waals surface area (Å²) >= 11 is 0. The van der Waals surface area contributed by atoms with Crippen LogP contribution in [-0.2, 0) is 19.4 Å². The van der Waals surface area contributed by atoms with E-state index in [4.69, 9.17) is 0 Å². The molecular formula is C15H27N3. The molecule has 18 heavy (non-hydrogen) atoms. The van der Waals surface area contributed by atoms with E-state index in [1.807, 2.05) is 0 Å². The lowest BCUT2D eigenvalue weighted by molar-refractivity contribution is 0.415. The predicted molar refractivity (Wildman–Crippen MR) is 75.7 cm³/mol. The second-order valence-corrected chi connectivity index (χ2v) is 6.19. The SMILES string of the molecule is CCc1cc(CC(NC)C2CC2(C)C)n(CC)n1. The van der Waals surface area contributed by atoms with Gasteiger partial charge in [-0.05, 0) is 44.2 Å². The van der Waals surface area contributed by atoms with E-state index in [0.29, 0.717) is 11.5 Å². The van der Waals surface area contributed by atoms with Crippen LogP contribution in [0.25, 0.3) is 0 Å². The average molecular weight is 249 g/mol. The Kier molecular flexibility index (Phi) is 3.81. The maximum Gasteiger partial charge on any atom is 0.0624 e. The third-order valence-corrected chi connectivity index (χ3v) is 4.45. The van der Waals surface area contributed by atoms with Crippen LogP contribution in [0.15, 0.2) is 6.07 Å². The number of likely N-dealkylation sites (N-methyl/N-ethyl adjacent to an activating group) is 1. The summed E-state index contributed by atoms with van der Waals surface area (Å²) < 4.78 is 2.17. The van der Waals surface area contributed by atoms with Crippen molar-refractivity contribution >= 4 is 0 Å². The van der Waals surface area contributed by atoms with Crippen LogP contribution in [0.2, 0.25) is 0 Å². The molecule has 1 fully saturated rings. The Morgan fingerprint density at radius 1 is 1.50 bits per heavy atom. The largest absolute Gasteiger partial charge is 0.316 e. The molecule has 0 radical (unpaired) electrons. The quantitative estimate of drug-likeness (QED) is 0.840. The third kappa shape index (κ3) is 2.61. The first-order valence-corrected chi connectivity index (χ1v) is 7.24. The molecule has 0 spiro atoms. The molecule has 1 heterocycles. The molecule has 102 valence electrons. The summed E-state index contributed by atoms with van der Waals surface area (Å²) in [7, 11) is 2.09. The van der Waals surface area contributed by atoms with Crippen molar-refractivity contribution in [3.8, 4) is 0 Å². The van der Waals surface area contributed by atoms with Crippen LogP contribution in [-0.4, -0.2) is 22.9 Å². The highest BCUT2D eigenvalue weighted by Crippen LogP contribution is 2.53. The fraction of sp³-hybridized carbons (Fsp3) is 0.800. The zero-order chi connectivity index (χ0) is 13.3. The number of nitrogens with one attached hydrogen (secondary N) is 1. The van der Waals surface area contributed by atoms with E-state index in [-0.39, 0.29) is 0 Å². The van der Waals surface area contributed by atoms with Crippen molar-refractivity contribution in [2.75, 3.05) is 7.05 Å². The Balaban J connectivity index is 2.09. The topological polar surface area (TPSA) is 29.9 Å². The molecule has 3 heteroatoms. The summed E-state index contributed by atoms with van der Waals surface area (Å²) in [6, 6.07) is 2.87. The molecule has 1 saturated carbocycles. The Labute approximate surface area is 111 Å². The lowest BCUT2D eigenvalue weighted by Gasteiger charge is -2.18. The predicted octanol–water partition coefficient (Wildman–Crippen LogP) is 2.64. The molecule has 0 aliphatic heterocycles. The smallest absolute Gasteiger partial charge is 0.0624 e. The first kappa shape index (κ1) is 13.6. The Morgan fingerprint density at radius 3 is 2.61 bits per heavy atom. The molecule has 1 aromatic rings. The van der Waals surface area contributed by atoms with Gasteiger partial charge >= 0.3 is 0 Å². The van der Waals surface area contributed by atoms with Gasteiger partial charge in [-0.25, -0.2) is 0 Å². The van der Waals surface area contributed by atoms with E-state index in [1.165, 1.54) is 17.8 Å². The van der Waals surface area contributed by atoms with Crippen molar-refractivity contribution in [2.45, 2.75) is 59.5 Å². The normalized spacial score (nSPS) is 23.1. The van der Waals surface area contributed by atoms with Crippen molar-refractivity contribution in [3.63, 3.8) is 0 Å². The summed E-state index contributed by atoms with van der Waals surface area (Å²) in [5, 5.41) is 8.15. The molecule has 1 aromatic heterocycles. The van der Waals surface area contributed by atoms with Crippen LogP contribution in [0.4, 0.5) is 0 Å². The van der Waals surface area contributed by atoms with Gasteiger partial charge in [-0.15, -0.1) is 0 Å². The van der Waals surface area contributed by atoms with Crippen molar-refractivity contribution in [3.05, 3.63) is 17.5 Å². The Morgan fingerprint density at radius 2 is 2.17 bits per heavy atom. The summed E-state index contributed by atoms with van der Waals surface area (Å²) in [5.41, 5.74) is 3.13.